The summed E-state index contributed by atoms with van der Waals surface area (Å²) in [6.45, 7) is 3.23. The lowest BCUT2D eigenvalue weighted by molar-refractivity contribution is 0.102. The Morgan fingerprint density at radius 1 is 1.07 bits per heavy atom. The Balaban J connectivity index is 1.66. The highest BCUT2D eigenvalue weighted by atomic mass is 32.2. The van der Waals surface area contributed by atoms with Crippen molar-refractivity contribution >= 4 is 75.7 Å². The number of aromatic nitrogens is 2. The van der Waals surface area contributed by atoms with Crippen molar-refractivity contribution in [3.05, 3.63) is 42.0 Å². The number of nitrogens with zero attached hydrogens (tertiary/aromatic N) is 2. The quantitative estimate of drug-likeness (QED) is 0.416. The Kier molecular flexibility index (Phi) is 5.36. The van der Waals surface area contributed by atoms with Gasteiger partial charge in [0.2, 0.25) is 0 Å². The van der Waals surface area contributed by atoms with E-state index in [4.69, 9.17) is 0 Å². The number of rotatable bonds is 5. The van der Waals surface area contributed by atoms with Crippen LogP contribution in [0.2, 0.25) is 0 Å². The van der Waals surface area contributed by atoms with Crippen LogP contribution < -0.4 is 5.32 Å². The number of sulfone groups is 1. The summed E-state index contributed by atoms with van der Waals surface area (Å²) in [7, 11) is -3.45. The highest BCUT2D eigenvalue weighted by Crippen LogP contribution is 2.38. The maximum atomic E-state index is 12.7. The average molecular weight is 464 g/mol. The van der Waals surface area contributed by atoms with Gasteiger partial charge in [-0.1, -0.05) is 29.2 Å². The predicted molar refractivity (Wildman–Crippen MR) is 121 cm³/mol. The average Bonchev–Trinajstić information content (AvgIpc) is 3.30. The highest BCUT2D eigenvalue weighted by molar-refractivity contribution is 8.00. The first-order valence-corrected chi connectivity index (χ1v) is 13.1. The molecule has 29 heavy (non-hydrogen) atoms. The molecule has 0 bridgehead atoms. The largest absolute Gasteiger partial charge is 0.298 e. The van der Waals surface area contributed by atoms with Crippen molar-refractivity contribution in [2.24, 2.45) is 0 Å². The molecule has 0 fully saturated rings. The van der Waals surface area contributed by atoms with Crippen LogP contribution in [0.5, 0.6) is 0 Å². The number of nitrogens with one attached hydrogen (secondary N) is 1. The molecule has 4 rings (SSSR count). The van der Waals surface area contributed by atoms with Gasteiger partial charge >= 0.3 is 0 Å². The summed E-state index contributed by atoms with van der Waals surface area (Å²) in [5.41, 5.74) is 1.99. The van der Waals surface area contributed by atoms with E-state index in [2.05, 4.69) is 15.3 Å². The van der Waals surface area contributed by atoms with Gasteiger partial charge in [-0.25, -0.2) is 18.4 Å². The van der Waals surface area contributed by atoms with Crippen LogP contribution in [0, 0.1) is 0 Å². The second-order valence-corrected chi connectivity index (χ2v) is 12.1. The number of hydrogen-bond donors (Lipinski definition) is 1. The van der Waals surface area contributed by atoms with Crippen molar-refractivity contribution in [3.63, 3.8) is 0 Å². The van der Waals surface area contributed by atoms with Crippen molar-refractivity contribution in [3.8, 4) is 0 Å². The summed E-state index contributed by atoms with van der Waals surface area (Å²) in [5, 5.41) is 2.70. The van der Waals surface area contributed by atoms with Gasteiger partial charge < -0.3 is 0 Å². The normalized spacial score (nSPS) is 12.1. The van der Waals surface area contributed by atoms with Crippen LogP contribution in [0.15, 0.2) is 45.6 Å². The van der Waals surface area contributed by atoms with Gasteiger partial charge in [-0.05, 0) is 50.4 Å². The number of carbonyl (C=O) groups is 1. The van der Waals surface area contributed by atoms with Gasteiger partial charge in [0.05, 0.1) is 30.6 Å². The standard InChI is InChI=1S/C19H17N3O3S4/c1-10(2)29(24,25)12-6-4-5-11(9-12)17(23)22-18-20-13-7-8-14-16(15(13)27-18)28-19(21-14)26-3/h4-10H,1-3H3,(H,20,22,23). The van der Waals surface area contributed by atoms with Gasteiger partial charge in [-0.3, -0.25) is 10.1 Å². The van der Waals surface area contributed by atoms with Gasteiger partial charge in [0.15, 0.2) is 19.3 Å². The zero-order valence-electron chi connectivity index (χ0n) is 15.8. The summed E-state index contributed by atoms with van der Waals surface area (Å²) < 4.78 is 27.8. The number of thioether (sulfide) groups is 1. The van der Waals surface area contributed by atoms with E-state index in [1.165, 1.54) is 23.5 Å². The molecule has 0 aliphatic heterocycles. The van der Waals surface area contributed by atoms with Crippen LogP contribution in [0.4, 0.5) is 5.13 Å². The number of hydrogen-bond acceptors (Lipinski definition) is 8. The van der Waals surface area contributed by atoms with Crippen molar-refractivity contribution in [2.75, 3.05) is 11.6 Å². The molecule has 1 amide bonds. The minimum absolute atomic E-state index is 0.139. The lowest BCUT2D eigenvalue weighted by atomic mass is 10.2. The predicted octanol–water partition coefficient (Wildman–Crippen LogP) is 5.06. The number of fused-ring (bicyclic) bond motifs is 3. The third kappa shape index (κ3) is 3.77. The topological polar surface area (TPSA) is 89.0 Å². The fourth-order valence-electron chi connectivity index (χ4n) is 2.75. The summed E-state index contributed by atoms with van der Waals surface area (Å²) in [5.74, 6) is -0.393. The first-order chi connectivity index (χ1) is 13.8. The van der Waals surface area contributed by atoms with Crippen LogP contribution in [-0.2, 0) is 9.84 Å². The molecule has 2 aromatic carbocycles. The van der Waals surface area contributed by atoms with E-state index < -0.39 is 21.0 Å². The van der Waals surface area contributed by atoms with E-state index in [1.807, 2.05) is 18.4 Å². The van der Waals surface area contributed by atoms with E-state index >= 15 is 0 Å². The molecule has 0 saturated carbocycles. The molecule has 0 radical (unpaired) electrons. The minimum atomic E-state index is -3.45. The second kappa shape index (κ2) is 7.67. The van der Waals surface area contributed by atoms with Crippen LogP contribution in [-0.4, -0.2) is 35.8 Å². The molecule has 0 saturated heterocycles. The van der Waals surface area contributed by atoms with Crippen LogP contribution in [0.3, 0.4) is 0 Å². The highest BCUT2D eigenvalue weighted by Gasteiger charge is 2.21. The lowest BCUT2D eigenvalue weighted by Crippen LogP contribution is -2.16. The molecule has 6 nitrogen and oxygen atoms in total. The van der Waals surface area contributed by atoms with Crippen molar-refractivity contribution in [2.45, 2.75) is 28.3 Å². The molecule has 0 unspecified atom stereocenters. The first-order valence-electron chi connectivity index (χ1n) is 8.69. The molecule has 0 aliphatic carbocycles. The molecule has 2 heterocycles. The smallest absolute Gasteiger partial charge is 0.257 e. The summed E-state index contributed by atoms with van der Waals surface area (Å²) in [6, 6.07) is 9.90. The summed E-state index contributed by atoms with van der Waals surface area (Å²) in [4.78, 5) is 21.9. The van der Waals surface area contributed by atoms with E-state index in [0.29, 0.717) is 5.13 Å². The number of anilines is 1. The Labute approximate surface area is 180 Å². The molecule has 10 heteroatoms. The van der Waals surface area contributed by atoms with Gasteiger partial charge in [-0.2, -0.15) is 0 Å². The molecular formula is C19H17N3O3S4. The number of thiazole rings is 2. The van der Waals surface area contributed by atoms with Crippen molar-refractivity contribution in [1.82, 2.24) is 9.97 Å². The Morgan fingerprint density at radius 2 is 1.76 bits per heavy atom. The zero-order valence-corrected chi connectivity index (χ0v) is 19.1. The third-order valence-electron chi connectivity index (χ3n) is 4.33. The summed E-state index contributed by atoms with van der Waals surface area (Å²) in [6.07, 6.45) is 1.99. The molecule has 0 aliphatic rings. The Bertz CT molecular complexity index is 1340. The Morgan fingerprint density at radius 3 is 2.45 bits per heavy atom. The molecular weight excluding hydrogens is 446 g/mol. The van der Waals surface area contributed by atoms with Crippen molar-refractivity contribution < 1.29 is 13.2 Å². The molecule has 4 aromatic rings. The Hall–Kier alpha value is -2.01. The lowest BCUT2D eigenvalue weighted by Gasteiger charge is -2.09. The number of amides is 1. The molecule has 1 N–H and O–H groups in total. The number of benzene rings is 2. The molecule has 150 valence electrons. The number of carbonyl (C=O) groups excluding carboxylic acids is 1. The fraction of sp³-hybridized carbons (Fsp3) is 0.211. The SMILES string of the molecule is CSc1nc2ccc3nc(NC(=O)c4cccc(S(=O)(=O)C(C)C)c4)sc3c2s1. The van der Waals surface area contributed by atoms with E-state index in [9.17, 15) is 13.2 Å². The monoisotopic (exact) mass is 463 g/mol. The van der Waals surface area contributed by atoms with Crippen LogP contribution >= 0.6 is 34.4 Å². The van der Waals surface area contributed by atoms with Gasteiger partial charge in [0.1, 0.15) is 0 Å². The molecule has 0 spiro atoms. The van der Waals surface area contributed by atoms with Crippen LogP contribution in [0.25, 0.3) is 20.4 Å². The first kappa shape index (κ1) is 20.3. The van der Waals surface area contributed by atoms with E-state index in [0.717, 1.165) is 24.8 Å². The molecule has 2 aromatic heterocycles. The van der Waals surface area contributed by atoms with Gasteiger partial charge in [0.25, 0.3) is 5.91 Å². The van der Waals surface area contributed by atoms with Crippen LogP contribution in [0.1, 0.15) is 24.2 Å². The second-order valence-electron chi connectivity index (χ2n) is 6.54. The van der Waals surface area contributed by atoms with Gasteiger partial charge in [-0.15, -0.1) is 11.3 Å². The third-order valence-corrected chi connectivity index (χ3v) is 9.69. The fourth-order valence-corrected chi connectivity index (χ4v) is 6.51. The summed E-state index contributed by atoms with van der Waals surface area (Å²) >= 11 is 4.59. The zero-order chi connectivity index (χ0) is 20.8. The minimum Gasteiger partial charge on any atom is -0.298 e. The van der Waals surface area contributed by atoms with E-state index in [-0.39, 0.29) is 10.5 Å². The van der Waals surface area contributed by atoms with Gasteiger partial charge in [0, 0.05) is 5.56 Å². The van der Waals surface area contributed by atoms with Crippen molar-refractivity contribution in [1.29, 1.82) is 0 Å². The molecule has 0 atom stereocenters. The van der Waals surface area contributed by atoms with E-state index in [1.54, 1.807) is 49.1 Å². The maximum absolute atomic E-state index is 12.7. The maximum Gasteiger partial charge on any atom is 0.257 e.